The number of quaternary nitrogens is 2. The van der Waals surface area contributed by atoms with Crippen LogP contribution in [-0.2, 0) is 14.3 Å². The van der Waals surface area contributed by atoms with Crippen LogP contribution in [0.1, 0.15) is 26.7 Å². The van der Waals surface area contributed by atoms with E-state index in [1.54, 1.807) is 11.0 Å². The zero-order chi connectivity index (χ0) is 17.8. The highest BCUT2D eigenvalue weighted by Gasteiger charge is 2.55. The Morgan fingerprint density at radius 3 is 2.68 bits per heavy atom. The molecular formula is C20H30N2O3+2. The number of fused-ring (bicyclic) bond motifs is 3. The third-order valence-corrected chi connectivity index (χ3v) is 7.04. The van der Waals surface area contributed by atoms with E-state index >= 15 is 0 Å². The van der Waals surface area contributed by atoms with Crippen molar-refractivity contribution in [1.29, 1.82) is 0 Å². The number of rotatable bonds is 2. The van der Waals surface area contributed by atoms with Gasteiger partial charge < -0.3 is 14.5 Å². The van der Waals surface area contributed by atoms with Crippen molar-refractivity contribution in [3.05, 3.63) is 23.3 Å². The first-order chi connectivity index (χ1) is 11.9. The molecule has 2 aliphatic carbocycles. The van der Waals surface area contributed by atoms with Gasteiger partial charge in [0.15, 0.2) is 5.78 Å². The van der Waals surface area contributed by atoms with Crippen molar-refractivity contribution >= 4 is 11.8 Å². The minimum atomic E-state index is -0.192. The number of hydrogen-bond acceptors (Lipinski definition) is 3. The summed E-state index contributed by atoms with van der Waals surface area (Å²) in [5, 5.41) is 0. The Bertz CT molecular complexity index is 660. The second-order valence-electron chi connectivity index (χ2n) is 8.73. The molecule has 0 spiro atoms. The van der Waals surface area contributed by atoms with Gasteiger partial charge in [-0.05, 0) is 31.4 Å². The third kappa shape index (κ3) is 2.77. The minimum absolute atomic E-state index is 0.00994. The quantitative estimate of drug-likeness (QED) is 0.619. The Kier molecular flexibility index (Phi) is 4.12. The molecule has 0 bridgehead atoms. The van der Waals surface area contributed by atoms with Crippen molar-refractivity contribution < 1.29 is 24.1 Å². The highest BCUT2D eigenvalue weighted by atomic mass is 16.6. The van der Waals surface area contributed by atoms with Gasteiger partial charge in [-0.2, -0.15) is 0 Å². The zero-order valence-corrected chi connectivity index (χ0v) is 15.6. The minimum Gasteiger partial charge on any atom is -0.457 e. The average molecular weight is 346 g/mol. The van der Waals surface area contributed by atoms with E-state index in [0.717, 1.165) is 43.6 Å². The number of hydrogen-bond donors (Lipinski definition) is 2. The van der Waals surface area contributed by atoms with Crippen LogP contribution in [0.3, 0.4) is 0 Å². The molecule has 25 heavy (non-hydrogen) atoms. The molecule has 4 atom stereocenters. The number of piperazine rings is 1. The van der Waals surface area contributed by atoms with Crippen LogP contribution >= 0.6 is 0 Å². The molecule has 2 heterocycles. The molecule has 0 aromatic heterocycles. The molecule has 0 radical (unpaired) electrons. The molecule has 5 heteroatoms. The van der Waals surface area contributed by atoms with E-state index in [1.807, 2.05) is 13.0 Å². The first kappa shape index (κ1) is 17.0. The predicted molar refractivity (Wildman–Crippen MR) is 93.2 cm³/mol. The summed E-state index contributed by atoms with van der Waals surface area (Å²) < 4.78 is 5.89. The first-order valence-corrected chi connectivity index (χ1v) is 9.69. The number of carbonyl (C=O) groups excluding carboxylic acids is 2. The first-order valence-electron chi connectivity index (χ1n) is 9.69. The number of esters is 1. The standard InChI is InChI=1S/C20H28N2O3/c1-13-16(23)5-7-20(2)6-4-14-15(19(24)25-18(14)17(13)20)12-22-10-8-21(3)9-11-22/h5,7,14-15,18H,4,6,8-12H2,1-3H3/p+2/t14-,15-,18-,20-/m0/s1. The molecule has 0 aromatic rings. The monoisotopic (exact) mass is 346 g/mol. The second kappa shape index (κ2) is 6.06. The average Bonchev–Trinajstić information content (AvgIpc) is 2.89. The van der Waals surface area contributed by atoms with Gasteiger partial charge in [0.1, 0.15) is 38.2 Å². The third-order valence-electron chi connectivity index (χ3n) is 7.04. The Balaban J connectivity index is 1.56. The number of carbonyl (C=O) groups is 2. The molecule has 3 fully saturated rings. The van der Waals surface area contributed by atoms with Crippen LogP contribution in [0, 0.1) is 17.3 Å². The van der Waals surface area contributed by atoms with Gasteiger partial charge in [0.05, 0.1) is 13.6 Å². The molecule has 2 aliphatic heterocycles. The normalized spacial score (nSPS) is 43.7. The van der Waals surface area contributed by atoms with Crippen LogP contribution < -0.4 is 9.80 Å². The van der Waals surface area contributed by atoms with Crippen molar-refractivity contribution in [2.24, 2.45) is 17.3 Å². The van der Waals surface area contributed by atoms with Crippen molar-refractivity contribution in [3.63, 3.8) is 0 Å². The lowest BCUT2D eigenvalue weighted by Crippen LogP contribution is -3.27. The molecule has 4 aliphatic rings. The number of allylic oxidation sites excluding steroid dienone is 3. The summed E-state index contributed by atoms with van der Waals surface area (Å²) in [5.41, 5.74) is 1.74. The van der Waals surface area contributed by atoms with E-state index < -0.39 is 0 Å². The Labute approximate surface area is 149 Å². The maximum Gasteiger partial charge on any atom is 0.315 e. The largest absolute Gasteiger partial charge is 0.457 e. The van der Waals surface area contributed by atoms with Gasteiger partial charge >= 0.3 is 5.97 Å². The molecular weight excluding hydrogens is 316 g/mol. The topological polar surface area (TPSA) is 52.2 Å². The van der Waals surface area contributed by atoms with E-state index in [1.165, 1.54) is 18.0 Å². The molecule has 2 N–H and O–H groups in total. The van der Waals surface area contributed by atoms with Gasteiger partial charge in [-0.15, -0.1) is 0 Å². The fraction of sp³-hybridized carbons (Fsp3) is 0.700. The fourth-order valence-electron chi connectivity index (χ4n) is 5.35. The van der Waals surface area contributed by atoms with Crippen LogP contribution in [0.2, 0.25) is 0 Å². The van der Waals surface area contributed by atoms with Crippen LogP contribution in [-0.4, -0.2) is 57.6 Å². The summed E-state index contributed by atoms with van der Waals surface area (Å²) in [6.45, 7) is 9.58. The summed E-state index contributed by atoms with van der Waals surface area (Å²) in [5.74, 6) is 0.259. The summed E-state index contributed by atoms with van der Waals surface area (Å²) in [6, 6.07) is 0. The van der Waals surface area contributed by atoms with E-state index in [-0.39, 0.29) is 35.1 Å². The smallest absolute Gasteiger partial charge is 0.315 e. The predicted octanol–water partition coefficient (Wildman–Crippen LogP) is -1.19. The van der Waals surface area contributed by atoms with Gasteiger partial charge in [-0.3, -0.25) is 9.59 Å². The summed E-state index contributed by atoms with van der Waals surface area (Å²) in [6.07, 6.45) is 5.54. The zero-order valence-electron chi connectivity index (χ0n) is 15.6. The molecule has 5 nitrogen and oxygen atoms in total. The van der Waals surface area contributed by atoms with Gasteiger partial charge in [0.25, 0.3) is 0 Å². The second-order valence-corrected chi connectivity index (χ2v) is 8.73. The highest BCUT2D eigenvalue weighted by molar-refractivity contribution is 6.05. The number of ether oxygens (including phenoxy) is 1. The van der Waals surface area contributed by atoms with Crippen LogP contribution in [0.25, 0.3) is 0 Å². The highest BCUT2D eigenvalue weighted by Crippen LogP contribution is 2.52. The van der Waals surface area contributed by atoms with Gasteiger partial charge in [-0.1, -0.05) is 13.0 Å². The van der Waals surface area contributed by atoms with Gasteiger partial charge in [0.2, 0.25) is 0 Å². The molecule has 0 aromatic carbocycles. The number of likely N-dealkylation sites (N-methyl/N-ethyl adjacent to an activating group) is 1. The van der Waals surface area contributed by atoms with E-state index in [9.17, 15) is 9.59 Å². The van der Waals surface area contributed by atoms with E-state index in [4.69, 9.17) is 4.74 Å². The maximum absolute atomic E-state index is 12.7. The fourth-order valence-corrected chi connectivity index (χ4v) is 5.35. The Morgan fingerprint density at radius 2 is 1.96 bits per heavy atom. The van der Waals surface area contributed by atoms with Gasteiger partial charge in [0, 0.05) is 16.9 Å². The molecule has 4 rings (SSSR count). The summed E-state index contributed by atoms with van der Waals surface area (Å²) in [4.78, 5) is 28.0. The number of ketones is 1. The number of nitrogens with one attached hydrogen (secondary N) is 2. The summed E-state index contributed by atoms with van der Waals surface area (Å²) >= 11 is 0. The molecule has 0 unspecified atom stereocenters. The lowest BCUT2D eigenvalue weighted by Gasteiger charge is -2.43. The molecule has 1 saturated carbocycles. The van der Waals surface area contributed by atoms with E-state index in [2.05, 4.69) is 14.0 Å². The lowest BCUT2D eigenvalue weighted by molar-refractivity contribution is -1.00. The maximum atomic E-state index is 12.7. The Hall–Kier alpha value is -1.46. The van der Waals surface area contributed by atoms with Crippen molar-refractivity contribution in [1.82, 2.24) is 0 Å². The summed E-state index contributed by atoms with van der Waals surface area (Å²) in [7, 11) is 2.24. The van der Waals surface area contributed by atoms with Crippen molar-refractivity contribution in [2.75, 3.05) is 39.8 Å². The van der Waals surface area contributed by atoms with E-state index in [0.29, 0.717) is 0 Å². The van der Waals surface area contributed by atoms with Gasteiger partial charge in [-0.25, -0.2) is 0 Å². The lowest BCUT2D eigenvalue weighted by atomic mass is 9.61. The molecule has 136 valence electrons. The Morgan fingerprint density at radius 1 is 1.24 bits per heavy atom. The van der Waals surface area contributed by atoms with Crippen LogP contribution in [0.5, 0.6) is 0 Å². The molecule has 0 amide bonds. The SMILES string of the molecule is CC1=C2[C@H]3OC(=O)[C@@H](C[NH+]4CC[NH+](C)CC4)[C@@H]3CC[C@@]2(C)C=CC1=O. The van der Waals surface area contributed by atoms with Crippen LogP contribution in [0.4, 0.5) is 0 Å². The van der Waals surface area contributed by atoms with Crippen LogP contribution in [0.15, 0.2) is 23.3 Å². The van der Waals surface area contributed by atoms with Crippen molar-refractivity contribution in [2.45, 2.75) is 32.8 Å². The van der Waals surface area contributed by atoms with Crippen molar-refractivity contribution in [3.8, 4) is 0 Å². The molecule has 2 saturated heterocycles.